The second-order valence-corrected chi connectivity index (χ2v) is 5.55. The van der Waals surface area contributed by atoms with Gasteiger partial charge in [0.05, 0.1) is 0 Å². The molecule has 0 atom stereocenters. The molecule has 0 bridgehead atoms. The van der Waals surface area contributed by atoms with E-state index in [1.54, 1.807) is 0 Å². The third kappa shape index (κ3) is 2.85. The van der Waals surface area contributed by atoms with Crippen LogP contribution in [0.2, 0.25) is 0 Å². The van der Waals surface area contributed by atoms with Crippen molar-refractivity contribution in [1.82, 2.24) is 14.8 Å². The van der Waals surface area contributed by atoms with Crippen LogP contribution in [0.15, 0.2) is 18.2 Å². The second kappa shape index (κ2) is 5.44. The minimum Gasteiger partial charge on any atom is -0.344 e. The van der Waals surface area contributed by atoms with Gasteiger partial charge in [0.1, 0.15) is 0 Å². The SMILES string of the molecule is Cc1ccc(C(C)C)cc1CN(C)c1nnns1. The van der Waals surface area contributed by atoms with Gasteiger partial charge in [-0.2, -0.15) is 0 Å². The number of benzene rings is 1. The van der Waals surface area contributed by atoms with E-state index in [0.717, 1.165) is 11.7 Å². The van der Waals surface area contributed by atoms with E-state index < -0.39 is 0 Å². The Balaban J connectivity index is 2.20. The van der Waals surface area contributed by atoms with E-state index in [9.17, 15) is 0 Å². The van der Waals surface area contributed by atoms with Crippen molar-refractivity contribution in [1.29, 1.82) is 0 Å². The normalized spacial score (nSPS) is 10.9. The van der Waals surface area contributed by atoms with E-state index in [1.165, 1.54) is 28.2 Å². The molecule has 0 saturated heterocycles. The first-order chi connectivity index (χ1) is 8.58. The van der Waals surface area contributed by atoms with Crippen LogP contribution < -0.4 is 4.90 Å². The molecule has 0 spiro atoms. The molecule has 0 unspecified atom stereocenters. The number of hydrogen-bond donors (Lipinski definition) is 0. The van der Waals surface area contributed by atoms with Crippen LogP contribution in [0.5, 0.6) is 0 Å². The number of aryl methyl sites for hydroxylation is 1. The van der Waals surface area contributed by atoms with Crippen LogP contribution in [0.3, 0.4) is 0 Å². The molecule has 0 fully saturated rings. The van der Waals surface area contributed by atoms with Crippen LogP contribution in [-0.2, 0) is 6.54 Å². The minimum absolute atomic E-state index is 0.554. The highest BCUT2D eigenvalue weighted by atomic mass is 32.1. The van der Waals surface area contributed by atoms with Gasteiger partial charge in [0.15, 0.2) is 0 Å². The molecule has 0 aliphatic rings. The van der Waals surface area contributed by atoms with Crippen LogP contribution in [0.25, 0.3) is 0 Å². The first kappa shape index (κ1) is 13.0. The third-order valence-corrected chi connectivity index (χ3v) is 3.77. The van der Waals surface area contributed by atoms with Gasteiger partial charge in [0, 0.05) is 25.1 Å². The summed E-state index contributed by atoms with van der Waals surface area (Å²) in [6.45, 7) is 7.41. The molecule has 5 heteroatoms. The van der Waals surface area contributed by atoms with E-state index in [2.05, 4.69) is 58.7 Å². The fourth-order valence-electron chi connectivity index (χ4n) is 1.82. The lowest BCUT2D eigenvalue weighted by Gasteiger charge is -2.17. The van der Waals surface area contributed by atoms with Crippen LogP contribution in [0.1, 0.15) is 36.5 Å². The molecule has 1 aromatic carbocycles. The number of hydrogen-bond acceptors (Lipinski definition) is 5. The number of rotatable bonds is 4. The Kier molecular flexibility index (Phi) is 3.91. The van der Waals surface area contributed by atoms with Crippen LogP contribution in [0, 0.1) is 6.92 Å². The van der Waals surface area contributed by atoms with Gasteiger partial charge in [-0.25, -0.2) is 0 Å². The lowest BCUT2D eigenvalue weighted by Crippen LogP contribution is -2.17. The molecule has 4 nitrogen and oxygen atoms in total. The van der Waals surface area contributed by atoms with Crippen molar-refractivity contribution in [2.45, 2.75) is 33.2 Å². The largest absolute Gasteiger partial charge is 0.344 e. The van der Waals surface area contributed by atoms with Crippen molar-refractivity contribution >= 4 is 16.7 Å². The highest BCUT2D eigenvalue weighted by Gasteiger charge is 2.09. The maximum absolute atomic E-state index is 3.98. The van der Waals surface area contributed by atoms with E-state index in [4.69, 9.17) is 0 Å². The van der Waals surface area contributed by atoms with E-state index >= 15 is 0 Å². The monoisotopic (exact) mass is 262 g/mol. The number of aromatic nitrogens is 3. The summed E-state index contributed by atoms with van der Waals surface area (Å²) in [5.74, 6) is 0.554. The van der Waals surface area contributed by atoms with Gasteiger partial charge in [-0.15, -0.1) is 0 Å². The molecular formula is C13H18N4S. The second-order valence-electron chi connectivity index (χ2n) is 4.84. The van der Waals surface area contributed by atoms with E-state index in [-0.39, 0.29) is 0 Å². The Morgan fingerprint density at radius 3 is 2.72 bits per heavy atom. The lowest BCUT2D eigenvalue weighted by molar-refractivity contribution is 0.843. The molecule has 0 amide bonds. The fraction of sp³-hybridized carbons (Fsp3) is 0.462. The Bertz CT molecular complexity index is 508. The molecule has 0 N–H and O–H groups in total. The smallest absolute Gasteiger partial charge is 0.227 e. The van der Waals surface area contributed by atoms with Crippen molar-refractivity contribution in [2.24, 2.45) is 0 Å². The number of anilines is 1. The number of nitrogens with zero attached hydrogens (tertiary/aromatic N) is 4. The average Bonchev–Trinajstić information content (AvgIpc) is 2.85. The molecule has 1 heterocycles. The minimum atomic E-state index is 0.554. The molecular weight excluding hydrogens is 244 g/mol. The van der Waals surface area contributed by atoms with Crippen molar-refractivity contribution < 1.29 is 0 Å². The Labute approximate surface area is 112 Å². The predicted molar refractivity (Wildman–Crippen MR) is 75.1 cm³/mol. The summed E-state index contributed by atoms with van der Waals surface area (Å²) in [5.41, 5.74) is 4.02. The lowest BCUT2D eigenvalue weighted by atomic mass is 9.98. The molecule has 0 saturated carbocycles. The van der Waals surface area contributed by atoms with Gasteiger partial charge in [-0.05, 0) is 34.7 Å². The zero-order valence-electron chi connectivity index (χ0n) is 11.2. The van der Waals surface area contributed by atoms with Crippen LogP contribution >= 0.6 is 11.5 Å². The first-order valence-corrected chi connectivity index (χ1v) is 6.81. The van der Waals surface area contributed by atoms with Gasteiger partial charge in [-0.1, -0.05) is 41.6 Å². The van der Waals surface area contributed by atoms with Crippen molar-refractivity contribution in [3.63, 3.8) is 0 Å². The topological polar surface area (TPSA) is 41.9 Å². The molecule has 18 heavy (non-hydrogen) atoms. The molecule has 0 aliphatic carbocycles. The van der Waals surface area contributed by atoms with Crippen molar-refractivity contribution in [3.8, 4) is 0 Å². The summed E-state index contributed by atoms with van der Waals surface area (Å²) in [7, 11) is 2.02. The van der Waals surface area contributed by atoms with Crippen molar-refractivity contribution in [3.05, 3.63) is 34.9 Å². The summed E-state index contributed by atoms with van der Waals surface area (Å²) >= 11 is 1.32. The molecule has 2 rings (SSSR count). The summed E-state index contributed by atoms with van der Waals surface area (Å²) in [4.78, 5) is 2.08. The molecule has 0 aliphatic heterocycles. The first-order valence-electron chi connectivity index (χ1n) is 6.03. The summed E-state index contributed by atoms with van der Waals surface area (Å²) in [6.07, 6.45) is 0. The maximum Gasteiger partial charge on any atom is 0.227 e. The third-order valence-electron chi connectivity index (χ3n) is 3.06. The van der Waals surface area contributed by atoms with Gasteiger partial charge >= 0.3 is 0 Å². The summed E-state index contributed by atoms with van der Waals surface area (Å²) < 4.78 is 3.79. The average molecular weight is 262 g/mol. The molecule has 1 aromatic heterocycles. The van der Waals surface area contributed by atoms with Crippen molar-refractivity contribution in [2.75, 3.05) is 11.9 Å². The highest BCUT2D eigenvalue weighted by Crippen LogP contribution is 2.21. The van der Waals surface area contributed by atoms with Crippen LogP contribution in [0.4, 0.5) is 5.13 Å². The zero-order valence-corrected chi connectivity index (χ0v) is 12.0. The Morgan fingerprint density at radius 2 is 2.11 bits per heavy atom. The van der Waals surface area contributed by atoms with Gasteiger partial charge in [-0.3, -0.25) is 0 Å². The zero-order chi connectivity index (χ0) is 13.1. The van der Waals surface area contributed by atoms with Gasteiger partial charge in [0.2, 0.25) is 5.13 Å². The fourth-order valence-corrected chi connectivity index (χ4v) is 2.24. The summed E-state index contributed by atoms with van der Waals surface area (Å²) in [5, 5.41) is 8.46. The van der Waals surface area contributed by atoms with Gasteiger partial charge < -0.3 is 4.90 Å². The Hall–Kier alpha value is -1.49. The summed E-state index contributed by atoms with van der Waals surface area (Å²) in [6, 6.07) is 6.68. The van der Waals surface area contributed by atoms with E-state index in [1.807, 2.05) is 7.05 Å². The highest BCUT2D eigenvalue weighted by molar-refractivity contribution is 7.09. The molecule has 96 valence electrons. The van der Waals surface area contributed by atoms with Crippen LogP contribution in [-0.4, -0.2) is 21.8 Å². The Morgan fingerprint density at radius 1 is 1.33 bits per heavy atom. The molecule has 0 radical (unpaired) electrons. The maximum atomic E-state index is 3.98. The molecule has 2 aromatic rings. The predicted octanol–water partition coefficient (Wildman–Crippen LogP) is 3.00. The quantitative estimate of drug-likeness (QED) is 0.849. The van der Waals surface area contributed by atoms with Gasteiger partial charge in [0.25, 0.3) is 0 Å². The van der Waals surface area contributed by atoms with E-state index in [0.29, 0.717) is 5.92 Å². The standard InChI is InChI=1S/C13H18N4S/c1-9(2)11-6-5-10(3)12(7-11)8-17(4)13-14-15-16-18-13/h5-7,9H,8H2,1-4H3.